The molecule has 3 nitrogen and oxygen atoms in total. The number of benzene rings is 1. The van der Waals surface area contributed by atoms with Gasteiger partial charge in [-0.3, -0.25) is 0 Å². The van der Waals surface area contributed by atoms with Crippen LogP contribution in [-0.4, -0.2) is 17.3 Å². The predicted molar refractivity (Wildman–Crippen MR) is 76.3 cm³/mol. The fourth-order valence-corrected chi connectivity index (χ4v) is 3.07. The van der Waals surface area contributed by atoms with E-state index >= 15 is 0 Å². The summed E-state index contributed by atoms with van der Waals surface area (Å²) in [7, 11) is 0. The third kappa shape index (κ3) is 2.64. The summed E-state index contributed by atoms with van der Waals surface area (Å²) >= 11 is 6.15. The maximum Gasteiger partial charge on any atom is 0.199 e. The number of rotatable bonds is 3. The van der Waals surface area contributed by atoms with Gasteiger partial charge in [0, 0.05) is 23.5 Å². The molecular weight excluding hydrogens is 262 g/mol. The van der Waals surface area contributed by atoms with E-state index in [4.69, 9.17) is 16.0 Å². The van der Waals surface area contributed by atoms with Crippen molar-refractivity contribution < 1.29 is 9.52 Å². The maximum absolute atomic E-state index is 9.96. The average Bonchev–Trinajstić information content (AvgIpc) is 2.74. The van der Waals surface area contributed by atoms with Crippen molar-refractivity contribution in [3.8, 4) is 0 Å². The predicted octanol–water partition coefficient (Wildman–Crippen LogP) is 3.48. The lowest BCUT2D eigenvalue weighted by atomic mass is 9.92. The number of halogens is 1. The number of aliphatic hydroxyl groups is 1. The van der Waals surface area contributed by atoms with Crippen molar-refractivity contribution in [1.29, 1.82) is 0 Å². The zero-order valence-corrected chi connectivity index (χ0v) is 11.5. The molecule has 0 radical (unpaired) electrons. The minimum absolute atomic E-state index is 0.165. The Labute approximate surface area is 117 Å². The van der Waals surface area contributed by atoms with Crippen molar-refractivity contribution in [2.75, 3.05) is 0 Å². The van der Waals surface area contributed by atoms with E-state index in [1.165, 1.54) is 6.42 Å². The highest BCUT2D eigenvalue weighted by molar-refractivity contribution is 6.30. The van der Waals surface area contributed by atoms with Crippen LogP contribution in [0.1, 0.15) is 31.2 Å². The van der Waals surface area contributed by atoms with E-state index in [1.807, 2.05) is 24.3 Å². The molecule has 2 atom stereocenters. The summed E-state index contributed by atoms with van der Waals surface area (Å²) < 4.78 is 5.53. The largest absolute Gasteiger partial charge is 0.444 e. The van der Waals surface area contributed by atoms with Crippen LogP contribution in [0.3, 0.4) is 0 Å². The van der Waals surface area contributed by atoms with Crippen LogP contribution in [0, 0.1) is 0 Å². The van der Waals surface area contributed by atoms with Crippen molar-refractivity contribution in [3.05, 3.63) is 35.0 Å². The molecule has 0 aliphatic heterocycles. The molecule has 102 valence electrons. The summed E-state index contributed by atoms with van der Waals surface area (Å²) in [6, 6.07) is 8.01. The number of nitrogens with one attached hydrogen (secondary N) is 1. The highest BCUT2D eigenvalue weighted by atomic mass is 35.5. The van der Waals surface area contributed by atoms with Crippen LogP contribution in [-0.2, 0) is 6.54 Å². The second-order valence-corrected chi connectivity index (χ2v) is 5.53. The number of furan rings is 1. The molecule has 0 amide bonds. The number of para-hydroxylation sites is 1. The Bertz CT molecular complexity index is 566. The molecule has 2 unspecified atom stereocenters. The smallest absolute Gasteiger partial charge is 0.199 e. The van der Waals surface area contributed by atoms with Crippen molar-refractivity contribution >= 4 is 22.6 Å². The molecule has 2 N–H and O–H groups in total. The van der Waals surface area contributed by atoms with Gasteiger partial charge >= 0.3 is 0 Å². The third-order valence-corrected chi connectivity index (χ3v) is 4.22. The number of hydrogen-bond acceptors (Lipinski definition) is 3. The van der Waals surface area contributed by atoms with Gasteiger partial charge in [-0.15, -0.1) is 0 Å². The first-order valence-electron chi connectivity index (χ1n) is 6.83. The Kier molecular flexibility index (Phi) is 3.78. The standard InChI is InChI=1S/C15H18ClNO2/c16-15-11(10-5-1-4-8-14(10)19-15)9-17-12-6-2-3-7-13(12)18/h1,4-5,8,12-13,17-18H,2-3,6-7,9H2. The first-order chi connectivity index (χ1) is 9.25. The quantitative estimate of drug-likeness (QED) is 0.904. The van der Waals surface area contributed by atoms with Crippen molar-refractivity contribution in [2.45, 2.75) is 44.4 Å². The minimum Gasteiger partial charge on any atom is -0.444 e. The molecule has 3 rings (SSSR count). The van der Waals surface area contributed by atoms with Crippen molar-refractivity contribution in [1.82, 2.24) is 5.32 Å². The van der Waals surface area contributed by atoms with E-state index in [0.717, 1.165) is 35.8 Å². The molecule has 0 bridgehead atoms. The van der Waals surface area contributed by atoms with Gasteiger partial charge < -0.3 is 14.8 Å². The molecule has 4 heteroatoms. The molecule has 1 heterocycles. The van der Waals surface area contributed by atoms with Crippen LogP contribution >= 0.6 is 11.6 Å². The zero-order chi connectivity index (χ0) is 13.2. The van der Waals surface area contributed by atoms with Gasteiger partial charge in [0.15, 0.2) is 5.22 Å². The lowest BCUT2D eigenvalue weighted by Gasteiger charge is -2.28. The summed E-state index contributed by atoms with van der Waals surface area (Å²) in [4.78, 5) is 0. The summed E-state index contributed by atoms with van der Waals surface area (Å²) in [6.07, 6.45) is 3.96. The fraction of sp³-hybridized carbons (Fsp3) is 0.467. The number of fused-ring (bicyclic) bond motifs is 1. The number of aliphatic hydroxyl groups excluding tert-OH is 1. The van der Waals surface area contributed by atoms with Gasteiger partial charge in [-0.25, -0.2) is 0 Å². The van der Waals surface area contributed by atoms with Gasteiger partial charge in [0.2, 0.25) is 0 Å². The molecule has 1 aliphatic rings. The van der Waals surface area contributed by atoms with Crippen LogP contribution in [0.5, 0.6) is 0 Å². The molecule has 2 aromatic rings. The summed E-state index contributed by atoms with van der Waals surface area (Å²) in [5.74, 6) is 0. The molecule has 1 aliphatic carbocycles. The van der Waals surface area contributed by atoms with E-state index in [1.54, 1.807) is 0 Å². The van der Waals surface area contributed by atoms with E-state index in [2.05, 4.69) is 5.32 Å². The molecule has 19 heavy (non-hydrogen) atoms. The average molecular weight is 280 g/mol. The molecular formula is C15H18ClNO2. The first-order valence-corrected chi connectivity index (χ1v) is 7.21. The monoisotopic (exact) mass is 279 g/mol. The summed E-state index contributed by atoms with van der Waals surface area (Å²) in [6.45, 7) is 0.636. The minimum atomic E-state index is -0.245. The Morgan fingerprint density at radius 3 is 2.89 bits per heavy atom. The zero-order valence-electron chi connectivity index (χ0n) is 10.7. The van der Waals surface area contributed by atoms with E-state index in [-0.39, 0.29) is 12.1 Å². The van der Waals surface area contributed by atoms with Gasteiger partial charge in [0.1, 0.15) is 5.58 Å². The van der Waals surface area contributed by atoms with Crippen LogP contribution in [0.15, 0.2) is 28.7 Å². The van der Waals surface area contributed by atoms with Gasteiger partial charge in [-0.2, -0.15) is 0 Å². The summed E-state index contributed by atoms with van der Waals surface area (Å²) in [5, 5.41) is 14.9. The van der Waals surface area contributed by atoms with E-state index < -0.39 is 0 Å². The Morgan fingerprint density at radius 2 is 2.05 bits per heavy atom. The fourth-order valence-electron chi connectivity index (χ4n) is 2.82. The molecule has 1 aromatic carbocycles. The second kappa shape index (κ2) is 5.53. The molecule has 1 fully saturated rings. The third-order valence-electron chi connectivity index (χ3n) is 3.92. The molecule has 1 aromatic heterocycles. The maximum atomic E-state index is 9.96. The lowest BCUT2D eigenvalue weighted by molar-refractivity contribution is 0.0903. The Morgan fingerprint density at radius 1 is 1.26 bits per heavy atom. The SMILES string of the molecule is OC1CCCCC1NCc1c(Cl)oc2ccccc12. The number of hydrogen-bond donors (Lipinski definition) is 2. The Balaban J connectivity index is 1.76. The topological polar surface area (TPSA) is 45.4 Å². The van der Waals surface area contributed by atoms with Crippen LogP contribution < -0.4 is 5.32 Å². The second-order valence-electron chi connectivity index (χ2n) is 5.19. The first kappa shape index (κ1) is 13.0. The van der Waals surface area contributed by atoms with Crippen LogP contribution in [0.2, 0.25) is 5.22 Å². The van der Waals surface area contributed by atoms with Gasteiger partial charge in [0.25, 0.3) is 0 Å². The van der Waals surface area contributed by atoms with E-state index in [9.17, 15) is 5.11 Å². The summed E-state index contributed by atoms with van der Waals surface area (Å²) in [5.41, 5.74) is 1.79. The van der Waals surface area contributed by atoms with E-state index in [0.29, 0.717) is 11.8 Å². The molecule has 0 spiro atoms. The van der Waals surface area contributed by atoms with Gasteiger partial charge in [0.05, 0.1) is 6.10 Å². The molecule has 1 saturated carbocycles. The lowest BCUT2D eigenvalue weighted by Crippen LogP contribution is -2.41. The van der Waals surface area contributed by atoms with Crippen LogP contribution in [0.25, 0.3) is 11.0 Å². The Hall–Kier alpha value is -1.03. The highest BCUT2D eigenvalue weighted by Crippen LogP contribution is 2.30. The molecule has 0 saturated heterocycles. The van der Waals surface area contributed by atoms with Crippen molar-refractivity contribution in [2.24, 2.45) is 0 Å². The highest BCUT2D eigenvalue weighted by Gasteiger charge is 2.23. The van der Waals surface area contributed by atoms with Crippen LogP contribution in [0.4, 0.5) is 0 Å². The van der Waals surface area contributed by atoms with Gasteiger partial charge in [-0.05, 0) is 30.5 Å². The van der Waals surface area contributed by atoms with Crippen molar-refractivity contribution in [3.63, 3.8) is 0 Å². The normalized spacial score (nSPS) is 23.9. The van der Waals surface area contributed by atoms with Gasteiger partial charge in [-0.1, -0.05) is 31.0 Å².